The highest BCUT2D eigenvalue weighted by Gasteiger charge is 2.36. The van der Waals surface area contributed by atoms with Crippen molar-refractivity contribution in [1.82, 2.24) is 4.90 Å². The molecule has 0 aliphatic carbocycles. The van der Waals surface area contributed by atoms with Crippen LogP contribution in [0.4, 0.5) is 11.4 Å². The Morgan fingerprint density at radius 1 is 1.38 bits per heavy atom. The number of nitrogens with zero attached hydrogens (tertiary/aromatic N) is 3. The Morgan fingerprint density at radius 3 is 2.58 bits per heavy atom. The number of nitro benzene ring substituents is 1. The summed E-state index contributed by atoms with van der Waals surface area (Å²) in [6, 6.07) is 4.57. The molecule has 2 rings (SSSR count). The Balaban J connectivity index is 2.21. The second-order valence-electron chi connectivity index (χ2n) is 6.04. The summed E-state index contributed by atoms with van der Waals surface area (Å²) in [5, 5.41) is 11.4. The fourth-order valence-corrected chi connectivity index (χ4v) is 4.00. The number of benzene rings is 1. The zero-order chi connectivity index (χ0) is 17.9. The van der Waals surface area contributed by atoms with Crippen molar-refractivity contribution in [3.63, 3.8) is 0 Å². The van der Waals surface area contributed by atoms with Crippen LogP contribution in [0.25, 0.3) is 0 Å². The minimum atomic E-state index is -0.421. The van der Waals surface area contributed by atoms with Crippen LogP contribution in [-0.4, -0.2) is 33.2 Å². The van der Waals surface area contributed by atoms with Crippen LogP contribution in [0.5, 0.6) is 0 Å². The summed E-state index contributed by atoms with van der Waals surface area (Å²) >= 11 is 1.49. The zero-order valence-electron chi connectivity index (χ0n) is 14.5. The molecular weight excluding hydrogens is 326 g/mol. The summed E-state index contributed by atoms with van der Waals surface area (Å²) in [5.41, 5.74) is 1.43. The molecule has 1 fully saturated rings. The Kier molecular flexibility index (Phi) is 5.99. The number of aryl methyl sites for hydroxylation is 1. The first-order valence-electron chi connectivity index (χ1n) is 8.15. The quantitative estimate of drug-likeness (QED) is 0.567. The first-order valence-corrected chi connectivity index (χ1v) is 9.03. The van der Waals surface area contributed by atoms with Crippen molar-refractivity contribution >= 4 is 34.2 Å². The molecule has 7 heteroatoms. The molecule has 1 atom stereocenters. The van der Waals surface area contributed by atoms with Gasteiger partial charge < -0.3 is 0 Å². The number of non-ortho nitro benzene ring substituents is 1. The van der Waals surface area contributed by atoms with Crippen molar-refractivity contribution in [2.45, 2.75) is 45.3 Å². The Morgan fingerprint density at radius 2 is 2.04 bits per heavy atom. The van der Waals surface area contributed by atoms with Gasteiger partial charge in [-0.15, -0.1) is 0 Å². The minimum Gasteiger partial charge on any atom is -0.293 e. The second kappa shape index (κ2) is 7.79. The molecular formula is C17H23N3O3S. The maximum Gasteiger partial charge on any atom is 0.269 e. The average molecular weight is 349 g/mol. The lowest BCUT2D eigenvalue weighted by Crippen LogP contribution is -2.28. The fourth-order valence-electron chi connectivity index (χ4n) is 2.72. The van der Waals surface area contributed by atoms with E-state index in [0.717, 1.165) is 24.8 Å². The average Bonchev–Trinajstić information content (AvgIpc) is 2.82. The van der Waals surface area contributed by atoms with E-state index in [1.165, 1.54) is 23.9 Å². The molecule has 0 spiro atoms. The standard InChI is InChI=1S/C17H23N3O3S/c1-5-12(6-2)10-15-16(21)19(4)17(24-15)18-14-8-7-13(20(22)23)9-11(14)3/h7-9,12,15H,5-6,10H2,1-4H3. The highest BCUT2D eigenvalue weighted by atomic mass is 32.2. The summed E-state index contributed by atoms with van der Waals surface area (Å²) in [5.74, 6) is 0.630. The van der Waals surface area contributed by atoms with Gasteiger partial charge in [0.15, 0.2) is 5.17 Å². The highest BCUT2D eigenvalue weighted by molar-refractivity contribution is 8.15. The molecule has 6 nitrogen and oxygen atoms in total. The number of hydrogen-bond acceptors (Lipinski definition) is 5. The molecule has 0 aromatic heterocycles. The van der Waals surface area contributed by atoms with E-state index in [0.29, 0.717) is 16.8 Å². The van der Waals surface area contributed by atoms with E-state index in [1.54, 1.807) is 24.9 Å². The lowest BCUT2D eigenvalue weighted by Gasteiger charge is -2.15. The van der Waals surface area contributed by atoms with E-state index in [-0.39, 0.29) is 16.8 Å². The molecule has 1 aromatic rings. The summed E-state index contributed by atoms with van der Waals surface area (Å²) in [6.45, 7) is 6.09. The minimum absolute atomic E-state index is 0.0477. The number of rotatable bonds is 6. The summed E-state index contributed by atoms with van der Waals surface area (Å²) < 4.78 is 0. The monoisotopic (exact) mass is 349 g/mol. The largest absolute Gasteiger partial charge is 0.293 e. The predicted octanol–water partition coefficient (Wildman–Crippen LogP) is 4.29. The number of amidine groups is 1. The molecule has 24 heavy (non-hydrogen) atoms. The molecule has 1 aromatic carbocycles. The molecule has 0 saturated carbocycles. The third-order valence-electron chi connectivity index (χ3n) is 4.45. The molecule has 0 bridgehead atoms. The van der Waals surface area contributed by atoms with Crippen LogP contribution in [0.3, 0.4) is 0 Å². The number of carbonyl (C=O) groups excluding carboxylic acids is 1. The van der Waals surface area contributed by atoms with Gasteiger partial charge in [-0.3, -0.25) is 19.8 Å². The third-order valence-corrected chi connectivity index (χ3v) is 5.70. The van der Waals surface area contributed by atoms with E-state index in [4.69, 9.17) is 0 Å². The van der Waals surface area contributed by atoms with Crippen LogP contribution in [0.15, 0.2) is 23.2 Å². The van der Waals surface area contributed by atoms with Crippen molar-refractivity contribution < 1.29 is 9.72 Å². The Labute approximate surface area is 146 Å². The van der Waals surface area contributed by atoms with Crippen molar-refractivity contribution in [2.24, 2.45) is 10.9 Å². The summed E-state index contributed by atoms with van der Waals surface area (Å²) in [7, 11) is 1.74. The van der Waals surface area contributed by atoms with Gasteiger partial charge in [-0.25, -0.2) is 4.99 Å². The molecule has 0 radical (unpaired) electrons. The summed E-state index contributed by atoms with van der Waals surface area (Å²) in [6.07, 6.45) is 3.00. The van der Waals surface area contributed by atoms with Crippen LogP contribution >= 0.6 is 11.8 Å². The molecule has 1 heterocycles. The van der Waals surface area contributed by atoms with E-state index in [2.05, 4.69) is 18.8 Å². The van der Waals surface area contributed by atoms with Gasteiger partial charge in [-0.1, -0.05) is 38.5 Å². The molecule has 1 saturated heterocycles. The van der Waals surface area contributed by atoms with Gasteiger partial charge in [-0.2, -0.15) is 0 Å². The van der Waals surface area contributed by atoms with Gasteiger partial charge in [0.2, 0.25) is 5.91 Å². The van der Waals surface area contributed by atoms with Gasteiger partial charge >= 0.3 is 0 Å². The topological polar surface area (TPSA) is 75.8 Å². The molecule has 1 aliphatic heterocycles. The van der Waals surface area contributed by atoms with Crippen LogP contribution < -0.4 is 0 Å². The molecule has 1 aliphatic rings. The van der Waals surface area contributed by atoms with Gasteiger partial charge in [0, 0.05) is 19.2 Å². The van der Waals surface area contributed by atoms with Crippen LogP contribution in [0.1, 0.15) is 38.7 Å². The van der Waals surface area contributed by atoms with E-state index in [9.17, 15) is 14.9 Å². The van der Waals surface area contributed by atoms with E-state index < -0.39 is 4.92 Å². The van der Waals surface area contributed by atoms with Crippen molar-refractivity contribution in [2.75, 3.05) is 7.05 Å². The highest BCUT2D eigenvalue weighted by Crippen LogP contribution is 2.34. The van der Waals surface area contributed by atoms with E-state index in [1.807, 2.05) is 0 Å². The number of carbonyl (C=O) groups is 1. The van der Waals surface area contributed by atoms with Gasteiger partial charge in [0.25, 0.3) is 5.69 Å². The van der Waals surface area contributed by atoms with E-state index >= 15 is 0 Å². The SMILES string of the molecule is CCC(CC)CC1SC(=Nc2ccc([N+](=O)[O-])cc2C)N(C)C1=O. The molecule has 130 valence electrons. The third kappa shape index (κ3) is 3.95. The second-order valence-corrected chi connectivity index (χ2v) is 7.21. The first-order chi connectivity index (χ1) is 11.4. The first kappa shape index (κ1) is 18.4. The van der Waals surface area contributed by atoms with Crippen LogP contribution in [0, 0.1) is 23.0 Å². The number of amides is 1. The number of nitro groups is 1. The van der Waals surface area contributed by atoms with Gasteiger partial charge in [0.05, 0.1) is 15.9 Å². The Bertz CT molecular complexity index is 671. The normalized spacial score (nSPS) is 19.5. The summed E-state index contributed by atoms with van der Waals surface area (Å²) in [4.78, 5) is 29.0. The zero-order valence-corrected chi connectivity index (χ0v) is 15.3. The van der Waals surface area contributed by atoms with Gasteiger partial charge in [-0.05, 0) is 30.9 Å². The number of thioether (sulfide) groups is 1. The van der Waals surface area contributed by atoms with Crippen LogP contribution in [-0.2, 0) is 4.79 Å². The molecule has 0 N–H and O–H groups in total. The van der Waals surface area contributed by atoms with Crippen molar-refractivity contribution in [3.8, 4) is 0 Å². The molecule has 1 amide bonds. The maximum atomic E-state index is 12.4. The predicted molar refractivity (Wildman–Crippen MR) is 97.8 cm³/mol. The van der Waals surface area contributed by atoms with Crippen molar-refractivity contribution in [1.29, 1.82) is 0 Å². The van der Waals surface area contributed by atoms with Crippen molar-refractivity contribution in [3.05, 3.63) is 33.9 Å². The van der Waals surface area contributed by atoms with Gasteiger partial charge in [0.1, 0.15) is 0 Å². The Hall–Kier alpha value is -1.89. The van der Waals surface area contributed by atoms with Crippen LogP contribution in [0.2, 0.25) is 0 Å². The lowest BCUT2D eigenvalue weighted by molar-refractivity contribution is -0.384. The lowest BCUT2D eigenvalue weighted by atomic mass is 9.97. The fraction of sp³-hybridized carbons (Fsp3) is 0.529. The number of aliphatic imine (C=N–C) groups is 1. The maximum absolute atomic E-state index is 12.4. The number of hydrogen-bond donors (Lipinski definition) is 0. The molecule has 1 unspecified atom stereocenters. The smallest absolute Gasteiger partial charge is 0.269 e.